The lowest BCUT2D eigenvalue weighted by atomic mass is 9.73. The Bertz CT molecular complexity index is 293. The summed E-state index contributed by atoms with van der Waals surface area (Å²) >= 11 is 0. The molecule has 0 aromatic heterocycles. The molecule has 1 N–H and O–H groups in total. The lowest BCUT2D eigenvalue weighted by Gasteiger charge is -2.42. The van der Waals surface area contributed by atoms with Crippen molar-refractivity contribution in [1.29, 1.82) is 0 Å². The molecule has 0 spiro atoms. The van der Waals surface area contributed by atoms with Gasteiger partial charge in [0.1, 0.15) is 0 Å². The van der Waals surface area contributed by atoms with Crippen molar-refractivity contribution in [3.63, 3.8) is 0 Å². The van der Waals surface area contributed by atoms with E-state index in [0.717, 1.165) is 30.9 Å². The minimum Gasteiger partial charge on any atom is -0.377 e. The Morgan fingerprint density at radius 1 is 1.24 bits per heavy atom. The van der Waals surface area contributed by atoms with Crippen LogP contribution in [0.25, 0.3) is 0 Å². The average molecular weight is 296 g/mol. The van der Waals surface area contributed by atoms with Gasteiger partial charge in [-0.05, 0) is 70.4 Å². The third kappa shape index (κ3) is 4.94. The zero-order chi connectivity index (χ0) is 15.2. The monoisotopic (exact) mass is 296 g/mol. The standard InChI is InChI=1S/C18H36N2O/c1-5-21-17-7-6-10-20(13-17)12-16-11-15(14(2)3)8-9-18(16)19-4/h14-19H,5-13H2,1-4H3. The lowest BCUT2D eigenvalue weighted by Crippen LogP contribution is -2.48. The zero-order valence-electron chi connectivity index (χ0n) is 14.6. The molecule has 4 atom stereocenters. The normalized spacial score (nSPS) is 35.3. The van der Waals surface area contributed by atoms with Gasteiger partial charge < -0.3 is 15.0 Å². The minimum absolute atomic E-state index is 0.473. The van der Waals surface area contributed by atoms with Crippen LogP contribution in [-0.2, 0) is 4.74 Å². The second-order valence-electron chi connectivity index (χ2n) is 7.45. The van der Waals surface area contributed by atoms with E-state index >= 15 is 0 Å². The fourth-order valence-corrected chi connectivity index (χ4v) is 4.37. The van der Waals surface area contributed by atoms with Crippen molar-refractivity contribution in [3.8, 4) is 0 Å². The van der Waals surface area contributed by atoms with Crippen LogP contribution in [0.1, 0.15) is 52.9 Å². The highest BCUT2D eigenvalue weighted by atomic mass is 16.5. The predicted molar refractivity (Wildman–Crippen MR) is 89.6 cm³/mol. The second-order valence-corrected chi connectivity index (χ2v) is 7.45. The van der Waals surface area contributed by atoms with Crippen molar-refractivity contribution < 1.29 is 4.74 Å². The van der Waals surface area contributed by atoms with Gasteiger partial charge >= 0.3 is 0 Å². The average Bonchev–Trinajstić information content (AvgIpc) is 2.48. The summed E-state index contributed by atoms with van der Waals surface area (Å²) in [6.07, 6.45) is 7.18. The molecule has 2 rings (SSSR count). The van der Waals surface area contributed by atoms with Crippen LogP contribution in [0.2, 0.25) is 0 Å². The first-order valence-corrected chi connectivity index (χ1v) is 9.15. The van der Waals surface area contributed by atoms with Crippen molar-refractivity contribution in [1.82, 2.24) is 10.2 Å². The number of rotatable bonds is 6. The molecule has 4 unspecified atom stereocenters. The van der Waals surface area contributed by atoms with E-state index in [0.29, 0.717) is 12.1 Å². The fraction of sp³-hybridized carbons (Fsp3) is 1.00. The summed E-state index contributed by atoms with van der Waals surface area (Å²) < 4.78 is 5.86. The molecule has 1 aliphatic heterocycles. The summed E-state index contributed by atoms with van der Waals surface area (Å²) in [5.74, 6) is 2.58. The van der Waals surface area contributed by atoms with E-state index < -0.39 is 0 Å². The Hall–Kier alpha value is -0.120. The lowest BCUT2D eigenvalue weighted by molar-refractivity contribution is -0.00376. The number of hydrogen-bond acceptors (Lipinski definition) is 3. The Morgan fingerprint density at radius 3 is 2.71 bits per heavy atom. The van der Waals surface area contributed by atoms with Crippen molar-refractivity contribution in [2.24, 2.45) is 17.8 Å². The van der Waals surface area contributed by atoms with Crippen LogP contribution in [0.5, 0.6) is 0 Å². The zero-order valence-corrected chi connectivity index (χ0v) is 14.6. The highest BCUT2D eigenvalue weighted by Crippen LogP contribution is 2.34. The Morgan fingerprint density at radius 2 is 2.05 bits per heavy atom. The highest BCUT2D eigenvalue weighted by molar-refractivity contribution is 4.88. The number of likely N-dealkylation sites (tertiary alicyclic amines) is 1. The van der Waals surface area contributed by atoms with Gasteiger partial charge in [0, 0.05) is 25.7 Å². The molecule has 1 saturated heterocycles. The van der Waals surface area contributed by atoms with E-state index in [1.54, 1.807) is 0 Å². The van der Waals surface area contributed by atoms with Crippen LogP contribution in [0.3, 0.4) is 0 Å². The van der Waals surface area contributed by atoms with Gasteiger partial charge in [-0.3, -0.25) is 0 Å². The Balaban J connectivity index is 1.88. The van der Waals surface area contributed by atoms with Crippen molar-refractivity contribution in [2.45, 2.75) is 65.0 Å². The summed E-state index contributed by atoms with van der Waals surface area (Å²) in [6.45, 7) is 11.4. The summed E-state index contributed by atoms with van der Waals surface area (Å²) in [5, 5.41) is 3.58. The molecule has 0 aromatic rings. The fourth-order valence-electron chi connectivity index (χ4n) is 4.37. The van der Waals surface area contributed by atoms with Gasteiger partial charge in [-0.2, -0.15) is 0 Å². The van der Waals surface area contributed by atoms with Gasteiger partial charge in [0.05, 0.1) is 6.10 Å². The van der Waals surface area contributed by atoms with Crippen LogP contribution in [0.4, 0.5) is 0 Å². The quantitative estimate of drug-likeness (QED) is 0.815. The maximum absolute atomic E-state index is 5.86. The third-order valence-corrected chi connectivity index (χ3v) is 5.69. The summed E-state index contributed by atoms with van der Waals surface area (Å²) in [5.41, 5.74) is 0. The molecule has 3 nitrogen and oxygen atoms in total. The molecule has 0 aromatic carbocycles. The molecule has 0 amide bonds. The smallest absolute Gasteiger partial charge is 0.0702 e. The van der Waals surface area contributed by atoms with Gasteiger partial charge in [-0.1, -0.05) is 13.8 Å². The Kier molecular flexibility index (Phi) is 6.97. The predicted octanol–water partition coefficient (Wildman–Crippen LogP) is 3.15. The molecule has 21 heavy (non-hydrogen) atoms. The first-order valence-electron chi connectivity index (χ1n) is 9.15. The SMILES string of the molecule is CCOC1CCCN(CC2CC(C(C)C)CCC2NC)C1. The van der Waals surface area contributed by atoms with Gasteiger partial charge in [0.15, 0.2) is 0 Å². The van der Waals surface area contributed by atoms with E-state index in [2.05, 4.69) is 38.0 Å². The van der Waals surface area contributed by atoms with Gasteiger partial charge in [-0.25, -0.2) is 0 Å². The number of ether oxygens (including phenoxy) is 1. The summed E-state index contributed by atoms with van der Waals surface area (Å²) in [6, 6.07) is 0.715. The molecule has 1 aliphatic carbocycles. The third-order valence-electron chi connectivity index (χ3n) is 5.69. The van der Waals surface area contributed by atoms with Crippen LogP contribution in [0, 0.1) is 17.8 Å². The number of piperidine rings is 1. The maximum atomic E-state index is 5.86. The molecule has 1 heterocycles. The second kappa shape index (κ2) is 8.50. The largest absolute Gasteiger partial charge is 0.377 e. The molecule has 0 radical (unpaired) electrons. The first kappa shape index (κ1) is 17.2. The molecule has 2 fully saturated rings. The van der Waals surface area contributed by atoms with Crippen LogP contribution in [-0.4, -0.2) is 50.3 Å². The van der Waals surface area contributed by atoms with Crippen molar-refractivity contribution >= 4 is 0 Å². The highest BCUT2D eigenvalue weighted by Gasteiger charge is 2.33. The maximum Gasteiger partial charge on any atom is 0.0702 e. The van der Waals surface area contributed by atoms with Gasteiger partial charge in [0.25, 0.3) is 0 Å². The topological polar surface area (TPSA) is 24.5 Å². The number of hydrogen-bond donors (Lipinski definition) is 1. The van der Waals surface area contributed by atoms with E-state index in [9.17, 15) is 0 Å². The number of nitrogens with zero attached hydrogens (tertiary/aromatic N) is 1. The Labute approximate surface area is 131 Å². The molecular formula is C18H36N2O. The molecule has 124 valence electrons. The van der Waals surface area contributed by atoms with Crippen LogP contribution >= 0.6 is 0 Å². The first-order chi connectivity index (χ1) is 10.1. The molecule has 3 heteroatoms. The van der Waals surface area contributed by atoms with Gasteiger partial charge in [-0.15, -0.1) is 0 Å². The van der Waals surface area contributed by atoms with E-state index in [4.69, 9.17) is 4.74 Å². The van der Waals surface area contributed by atoms with E-state index in [1.807, 2.05) is 0 Å². The number of nitrogens with one attached hydrogen (secondary N) is 1. The molecule has 0 bridgehead atoms. The summed E-state index contributed by atoms with van der Waals surface area (Å²) in [4.78, 5) is 2.67. The van der Waals surface area contributed by atoms with Crippen LogP contribution in [0.15, 0.2) is 0 Å². The van der Waals surface area contributed by atoms with Crippen molar-refractivity contribution in [3.05, 3.63) is 0 Å². The van der Waals surface area contributed by atoms with E-state index in [1.165, 1.54) is 45.2 Å². The van der Waals surface area contributed by atoms with Crippen LogP contribution < -0.4 is 5.32 Å². The molecule has 2 aliphatic rings. The van der Waals surface area contributed by atoms with E-state index in [-0.39, 0.29) is 0 Å². The summed E-state index contributed by atoms with van der Waals surface area (Å²) in [7, 11) is 2.15. The minimum atomic E-state index is 0.473. The molecule has 1 saturated carbocycles. The molecular weight excluding hydrogens is 260 g/mol. The van der Waals surface area contributed by atoms with Gasteiger partial charge in [0.2, 0.25) is 0 Å². The van der Waals surface area contributed by atoms with Crippen molar-refractivity contribution in [2.75, 3.05) is 33.3 Å².